The lowest BCUT2D eigenvalue weighted by atomic mass is 10.1. The van der Waals surface area contributed by atoms with Crippen molar-refractivity contribution in [3.05, 3.63) is 18.6 Å². The fourth-order valence-corrected chi connectivity index (χ4v) is 2.75. The van der Waals surface area contributed by atoms with Crippen LogP contribution in [0.1, 0.15) is 25.7 Å². The number of nitrogens with zero attached hydrogens (tertiary/aromatic N) is 2. The Labute approximate surface area is 93.7 Å². The van der Waals surface area contributed by atoms with E-state index in [1.165, 1.54) is 0 Å². The summed E-state index contributed by atoms with van der Waals surface area (Å²) in [6.45, 7) is 0. The molecule has 0 aromatic carbocycles. The Bertz CT molecular complexity index is 329. The smallest absolute Gasteiger partial charge is 0.136 e. The van der Waals surface area contributed by atoms with Gasteiger partial charge in [0.1, 0.15) is 12.1 Å². The molecule has 1 fully saturated rings. The van der Waals surface area contributed by atoms with Crippen molar-refractivity contribution in [1.82, 2.24) is 9.97 Å². The molecule has 15 heavy (non-hydrogen) atoms. The van der Waals surface area contributed by atoms with E-state index in [1.54, 1.807) is 24.3 Å². The second-order valence-electron chi connectivity index (χ2n) is 3.74. The predicted molar refractivity (Wildman–Crippen MR) is 59.7 cm³/mol. The standard InChI is InChI=1S/C11H14N2OS/c14-10-3-1-2-9(10)5-7-15-11-4-6-12-8-13-11/h4,6,8-9H,1-3,5,7H2. The van der Waals surface area contributed by atoms with Crippen LogP contribution in [0, 0.1) is 5.92 Å². The number of ketones is 1. The topological polar surface area (TPSA) is 42.9 Å². The van der Waals surface area contributed by atoms with E-state index in [-0.39, 0.29) is 0 Å². The molecule has 4 heteroatoms. The van der Waals surface area contributed by atoms with Gasteiger partial charge in [-0.15, -0.1) is 11.8 Å². The molecule has 1 saturated carbocycles. The van der Waals surface area contributed by atoms with Crippen LogP contribution in [0.3, 0.4) is 0 Å². The fourth-order valence-electron chi connectivity index (χ4n) is 1.86. The number of hydrogen-bond acceptors (Lipinski definition) is 4. The van der Waals surface area contributed by atoms with Gasteiger partial charge in [-0.05, 0) is 25.3 Å². The van der Waals surface area contributed by atoms with Crippen LogP contribution in [-0.4, -0.2) is 21.5 Å². The predicted octanol–water partition coefficient (Wildman–Crippen LogP) is 2.33. The highest BCUT2D eigenvalue weighted by molar-refractivity contribution is 7.99. The average molecular weight is 222 g/mol. The summed E-state index contributed by atoms with van der Waals surface area (Å²) >= 11 is 1.71. The summed E-state index contributed by atoms with van der Waals surface area (Å²) in [4.78, 5) is 19.4. The number of hydrogen-bond donors (Lipinski definition) is 0. The van der Waals surface area contributed by atoms with Crippen LogP contribution in [0.25, 0.3) is 0 Å². The Morgan fingerprint density at radius 3 is 3.13 bits per heavy atom. The summed E-state index contributed by atoms with van der Waals surface area (Å²) < 4.78 is 0. The zero-order chi connectivity index (χ0) is 10.5. The third-order valence-electron chi connectivity index (χ3n) is 2.70. The molecule has 0 bridgehead atoms. The Hall–Kier alpha value is -0.900. The quantitative estimate of drug-likeness (QED) is 0.579. The molecule has 80 valence electrons. The van der Waals surface area contributed by atoms with Crippen molar-refractivity contribution in [2.75, 3.05) is 5.75 Å². The highest BCUT2D eigenvalue weighted by Crippen LogP contribution is 2.27. The maximum atomic E-state index is 11.4. The zero-order valence-electron chi connectivity index (χ0n) is 8.56. The molecule has 1 aliphatic carbocycles. The van der Waals surface area contributed by atoms with Crippen molar-refractivity contribution in [3.8, 4) is 0 Å². The molecular weight excluding hydrogens is 208 g/mol. The minimum absolute atomic E-state index is 0.319. The lowest BCUT2D eigenvalue weighted by Gasteiger charge is -2.06. The number of aromatic nitrogens is 2. The van der Waals surface area contributed by atoms with Gasteiger partial charge >= 0.3 is 0 Å². The van der Waals surface area contributed by atoms with Crippen molar-refractivity contribution in [2.24, 2.45) is 5.92 Å². The second kappa shape index (κ2) is 5.26. The van der Waals surface area contributed by atoms with E-state index in [0.717, 1.165) is 36.5 Å². The maximum absolute atomic E-state index is 11.4. The molecule has 0 amide bonds. The molecule has 0 N–H and O–H groups in total. The summed E-state index contributed by atoms with van der Waals surface area (Å²) in [5.74, 6) is 1.76. The van der Waals surface area contributed by atoms with E-state index in [2.05, 4.69) is 9.97 Å². The van der Waals surface area contributed by atoms with Crippen LogP contribution in [0.2, 0.25) is 0 Å². The van der Waals surface area contributed by atoms with Gasteiger partial charge in [-0.25, -0.2) is 9.97 Å². The minimum atomic E-state index is 0.319. The lowest BCUT2D eigenvalue weighted by molar-refractivity contribution is -0.120. The number of carbonyl (C=O) groups is 1. The van der Waals surface area contributed by atoms with Crippen molar-refractivity contribution in [2.45, 2.75) is 30.7 Å². The van der Waals surface area contributed by atoms with Crippen molar-refractivity contribution in [3.63, 3.8) is 0 Å². The first-order chi connectivity index (χ1) is 7.36. The molecule has 1 atom stereocenters. The lowest BCUT2D eigenvalue weighted by Crippen LogP contribution is -2.06. The zero-order valence-corrected chi connectivity index (χ0v) is 9.37. The number of rotatable bonds is 4. The van der Waals surface area contributed by atoms with Crippen LogP contribution >= 0.6 is 11.8 Å². The molecular formula is C11H14N2OS. The maximum Gasteiger partial charge on any atom is 0.136 e. The Morgan fingerprint density at radius 1 is 1.53 bits per heavy atom. The van der Waals surface area contributed by atoms with E-state index in [1.807, 2.05) is 6.07 Å². The van der Waals surface area contributed by atoms with E-state index < -0.39 is 0 Å². The van der Waals surface area contributed by atoms with Gasteiger partial charge in [0, 0.05) is 24.3 Å². The Balaban J connectivity index is 1.73. The first-order valence-electron chi connectivity index (χ1n) is 5.28. The van der Waals surface area contributed by atoms with E-state index in [4.69, 9.17) is 0 Å². The second-order valence-corrected chi connectivity index (χ2v) is 4.86. The molecule has 1 aliphatic rings. The highest BCUT2D eigenvalue weighted by Gasteiger charge is 2.23. The van der Waals surface area contributed by atoms with E-state index in [9.17, 15) is 4.79 Å². The molecule has 0 radical (unpaired) electrons. The summed E-state index contributed by atoms with van der Waals surface area (Å²) in [7, 11) is 0. The summed E-state index contributed by atoms with van der Waals surface area (Å²) in [5.41, 5.74) is 0. The van der Waals surface area contributed by atoms with Crippen LogP contribution in [0.15, 0.2) is 23.6 Å². The molecule has 1 unspecified atom stereocenters. The number of Topliss-reactive ketones (excluding diaryl/α,β-unsaturated/α-hetero) is 1. The number of carbonyl (C=O) groups excluding carboxylic acids is 1. The normalized spacial score (nSPS) is 20.8. The van der Waals surface area contributed by atoms with Crippen LogP contribution in [-0.2, 0) is 4.79 Å². The van der Waals surface area contributed by atoms with E-state index >= 15 is 0 Å². The van der Waals surface area contributed by atoms with Gasteiger partial charge in [0.15, 0.2) is 0 Å². The van der Waals surface area contributed by atoms with Gasteiger partial charge in [0.05, 0.1) is 5.03 Å². The van der Waals surface area contributed by atoms with Gasteiger partial charge in [-0.1, -0.05) is 0 Å². The van der Waals surface area contributed by atoms with Gasteiger partial charge in [0.2, 0.25) is 0 Å². The van der Waals surface area contributed by atoms with E-state index in [0.29, 0.717) is 11.7 Å². The molecule has 1 aromatic heterocycles. The first-order valence-corrected chi connectivity index (χ1v) is 6.26. The van der Waals surface area contributed by atoms with Gasteiger partial charge in [-0.2, -0.15) is 0 Å². The van der Waals surface area contributed by atoms with Crippen LogP contribution in [0.4, 0.5) is 0 Å². The molecule has 0 aliphatic heterocycles. The van der Waals surface area contributed by atoms with Crippen molar-refractivity contribution < 1.29 is 4.79 Å². The molecule has 1 aromatic rings. The average Bonchev–Trinajstić information content (AvgIpc) is 2.66. The minimum Gasteiger partial charge on any atom is -0.299 e. The summed E-state index contributed by atoms with van der Waals surface area (Å²) in [6.07, 6.45) is 7.26. The van der Waals surface area contributed by atoms with Gasteiger partial charge in [0.25, 0.3) is 0 Å². The molecule has 1 heterocycles. The third-order valence-corrected chi connectivity index (χ3v) is 3.68. The van der Waals surface area contributed by atoms with Crippen molar-refractivity contribution >= 4 is 17.5 Å². The van der Waals surface area contributed by atoms with Crippen LogP contribution in [0.5, 0.6) is 0 Å². The molecule has 0 spiro atoms. The largest absolute Gasteiger partial charge is 0.299 e. The third kappa shape index (κ3) is 3.02. The molecule has 3 nitrogen and oxygen atoms in total. The van der Waals surface area contributed by atoms with Gasteiger partial charge < -0.3 is 0 Å². The van der Waals surface area contributed by atoms with Crippen LogP contribution < -0.4 is 0 Å². The monoisotopic (exact) mass is 222 g/mol. The SMILES string of the molecule is O=C1CCCC1CCSc1ccncn1. The summed E-state index contributed by atoms with van der Waals surface area (Å²) in [5, 5.41) is 0.996. The molecule has 2 rings (SSSR count). The first kappa shape index (κ1) is 10.6. The number of thioether (sulfide) groups is 1. The van der Waals surface area contributed by atoms with Crippen molar-refractivity contribution in [1.29, 1.82) is 0 Å². The highest BCUT2D eigenvalue weighted by atomic mass is 32.2. The summed E-state index contributed by atoms with van der Waals surface area (Å²) in [6, 6.07) is 1.90. The Morgan fingerprint density at radius 2 is 2.47 bits per heavy atom. The molecule has 0 saturated heterocycles. The fraction of sp³-hybridized carbons (Fsp3) is 0.545. The Kier molecular flexibility index (Phi) is 3.72. The van der Waals surface area contributed by atoms with Gasteiger partial charge in [-0.3, -0.25) is 4.79 Å².